The second-order valence-corrected chi connectivity index (χ2v) is 12.6. The average Bonchev–Trinajstić information content (AvgIpc) is 3.78. The molecule has 0 bridgehead atoms. The zero-order valence-electron chi connectivity index (χ0n) is 25.8. The van der Waals surface area contributed by atoms with Crippen molar-refractivity contribution < 1.29 is 0 Å². The summed E-state index contributed by atoms with van der Waals surface area (Å²) in [6, 6.07) is 56.4. The van der Waals surface area contributed by atoms with Gasteiger partial charge in [0.1, 0.15) is 5.82 Å². The van der Waals surface area contributed by atoms with E-state index in [-0.39, 0.29) is 0 Å². The van der Waals surface area contributed by atoms with Gasteiger partial charge < -0.3 is 4.57 Å². The first-order valence-corrected chi connectivity index (χ1v) is 16.4. The molecule has 4 nitrogen and oxygen atoms in total. The van der Waals surface area contributed by atoms with E-state index in [1.165, 1.54) is 48.9 Å². The lowest BCUT2D eigenvalue weighted by Gasteiger charge is -2.15. The van der Waals surface area contributed by atoms with Crippen molar-refractivity contribution in [1.29, 1.82) is 0 Å². The molecule has 0 N–H and O–H groups in total. The van der Waals surface area contributed by atoms with Gasteiger partial charge in [-0.2, -0.15) is 0 Å². The summed E-state index contributed by atoms with van der Waals surface area (Å²) in [4.78, 5) is 10.7. The van der Waals surface area contributed by atoms with Gasteiger partial charge in [0.05, 0.1) is 33.3 Å². The molecule has 4 heteroatoms. The summed E-state index contributed by atoms with van der Waals surface area (Å²) < 4.78 is 4.75. The highest BCUT2D eigenvalue weighted by Gasteiger charge is 2.29. The Balaban J connectivity index is 1.25. The molecule has 0 saturated heterocycles. The molecule has 11 rings (SSSR count). The van der Waals surface area contributed by atoms with Gasteiger partial charge in [0, 0.05) is 38.4 Å². The minimum Gasteiger partial charge on any atom is -0.309 e. The van der Waals surface area contributed by atoms with Crippen LogP contribution in [-0.4, -0.2) is 19.1 Å². The Labute approximate surface area is 275 Å². The quantitative estimate of drug-likeness (QED) is 0.199. The van der Waals surface area contributed by atoms with Crippen LogP contribution in [-0.2, 0) is 0 Å². The summed E-state index contributed by atoms with van der Waals surface area (Å²) in [5, 5.41) is 7.35. The van der Waals surface area contributed by atoms with E-state index < -0.39 is 0 Å². The van der Waals surface area contributed by atoms with Crippen molar-refractivity contribution >= 4 is 54.4 Å². The number of nitrogens with zero attached hydrogens (tertiary/aromatic N) is 4. The maximum Gasteiger partial charge on any atom is 0.162 e. The fourth-order valence-electron chi connectivity index (χ4n) is 8.05. The lowest BCUT2D eigenvalue weighted by Crippen LogP contribution is -2.04. The number of hydrogen-bond donors (Lipinski definition) is 0. The number of aromatic nitrogens is 4. The molecule has 3 aromatic heterocycles. The summed E-state index contributed by atoms with van der Waals surface area (Å²) in [6.07, 6.45) is 0. The van der Waals surface area contributed by atoms with Crippen LogP contribution in [0, 0.1) is 0 Å². The number of benzene rings is 7. The predicted octanol–water partition coefficient (Wildman–Crippen LogP) is 11.1. The van der Waals surface area contributed by atoms with Crippen LogP contribution in [0.15, 0.2) is 158 Å². The molecule has 0 unspecified atom stereocenters. The highest BCUT2D eigenvalue weighted by Crippen LogP contribution is 2.50. The zero-order chi connectivity index (χ0) is 31.3. The lowest BCUT2D eigenvalue weighted by atomic mass is 10.0. The van der Waals surface area contributed by atoms with Crippen molar-refractivity contribution in [3.8, 4) is 45.3 Å². The Kier molecular flexibility index (Phi) is 5.08. The molecule has 222 valence electrons. The summed E-state index contributed by atoms with van der Waals surface area (Å²) in [6.45, 7) is 0. The van der Waals surface area contributed by atoms with Crippen LogP contribution in [0.3, 0.4) is 0 Å². The Bertz CT molecular complexity index is 2890. The monoisotopic (exact) mass is 610 g/mol. The highest BCUT2D eigenvalue weighted by atomic mass is 15.1. The van der Waals surface area contributed by atoms with Crippen molar-refractivity contribution in [2.24, 2.45) is 0 Å². The summed E-state index contributed by atoms with van der Waals surface area (Å²) >= 11 is 0. The van der Waals surface area contributed by atoms with E-state index in [1.807, 2.05) is 6.07 Å². The molecule has 0 atom stereocenters. The molecule has 0 aliphatic heterocycles. The van der Waals surface area contributed by atoms with E-state index in [4.69, 9.17) is 9.97 Å². The smallest absolute Gasteiger partial charge is 0.162 e. The first kappa shape index (κ1) is 25.6. The van der Waals surface area contributed by atoms with Crippen molar-refractivity contribution in [2.45, 2.75) is 0 Å². The molecular weight excluding hydrogens is 585 g/mol. The van der Waals surface area contributed by atoms with E-state index >= 15 is 0 Å². The first-order chi connectivity index (χ1) is 23.8. The van der Waals surface area contributed by atoms with Crippen LogP contribution >= 0.6 is 0 Å². The minimum absolute atomic E-state index is 0.724. The second-order valence-electron chi connectivity index (χ2n) is 12.6. The standard InChI is InChI=1S/C44H26N4/c1-2-12-28(13-3-1)43-45-42-34-20-11-15-27-14-10-19-33(40(27)34)41(42)44(46-43)48-38-23-9-6-18-32(38)35-26-29(24-25-39(35)48)47-36-21-7-4-16-30(36)31-17-5-8-22-37(31)47/h1-26H. The molecule has 0 radical (unpaired) electrons. The Morgan fingerprint density at radius 3 is 1.71 bits per heavy atom. The van der Waals surface area contributed by atoms with E-state index in [9.17, 15) is 0 Å². The van der Waals surface area contributed by atoms with E-state index in [0.29, 0.717) is 0 Å². The van der Waals surface area contributed by atoms with E-state index in [1.54, 1.807) is 0 Å². The molecule has 0 spiro atoms. The van der Waals surface area contributed by atoms with Gasteiger partial charge in [-0.1, -0.05) is 121 Å². The van der Waals surface area contributed by atoms with Gasteiger partial charge in [-0.05, 0) is 52.7 Å². The fourth-order valence-corrected chi connectivity index (χ4v) is 8.05. The average molecular weight is 611 g/mol. The molecular formula is C44H26N4. The van der Waals surface area contributed by atoms with Crippen molar-refractivity contribution in [3.05, 3.63) is 158 Å². The summed E-state index contributed by atoms with van der Waals surface area (Å²) in [7, 11) is 0. The molecule has 7 aromatic carbocycles. The van der Waals surface area contributed by atoms with Gasteiger partial charge >= 0.3 is 0 Å². The van der Waals surface area contributed by atoms with Gasteiger partial charge in [-0.15, -0.1) is 0 Å². The maximum atomic E-state index is 5.43. The van der Waals surface area contributed by atoms with Crippen molar-refractivity contribution in [2.75, 3.05) is 0 Å². The van der Waals surface area contributed by atoms with Crippen LogP contribution in [0.2, 0.25) is 0 Å². The number of rotatable bonds is 3. The van der Waals surface area contributed by atoms with Gasteiger partial charge in [0.25, 0.3) is 0 Å². The zero-order valence-corrected chi connectivity index (χ0v) is 25.8. The van der Waals surface area contributed by atoms with Gasteiger partial charge in [0.15, 0.2) is 5.82 Å². The molecule has 0 fully saturated rings. The Hall–Kier alpha value is -6.52. The number of fused-ring (bicyclic) bond motifs is 9. The molecule has 0 saturated carbocycles. The largest absolute Gasteiger partial charge is 0.309 e. The third-order valence-corrected chi connectivity index (χ3v) is 10.1. The van der Waals surface area contributed by atoms with Crippen LogP contribution in [0.4, 0.5) is 0 Å². The number of hydrogen-bond acceptors (Lipinski definition) is 2. The van der Waals surface area contributed by atoms with Crippen molar-refractivity contribution in [3.63, 3.8) is 0 Å². The Morgan fingerprint density at radius 1 is 0.417 bits per heavy atom. The summed E-state index contributed by atoms with van der Waals surface area (Å²) in [5.41, 5.74) is 11.2. The molecule has 10 aromatic rings. The van der Waals surface area contributed by atoms with Crippen LogP contribution in [0.25, 0.3) is 99.7 Å². The third kappa shape index (κ3) is 3.38. The van der Waals surface area contributed by atoms with E-state index in [2.05, 4.69) is 161 Å². The van der Waals surface area contributed by atoms with Crippen molar-refractivity contribution in [1.82, 2.24) is 19.1 Å². The SMILES string of the molecule is c1ccc(-c2nc3c(c(-n4c5ccccc5c5cc(-n6c7ccccc7c7ccccc76)ccc54)n2)-c2cccc4cccc-3c24)cc1. The minimum atomic E-state index is 0.724. The Morgan fingerprint density at radius 2 is 1.00 bits per heavy atom. The molecule has 48 heavy (non-hydrogen) atoms. The topological polar surface area (TPSA) is 35.6 Å². The van der Waals surface area contributed by atoms with Crippen LogP contribution in [0.1, 0.15) is 0 Å². The summed E-state index contributed by atoms with van der Waals surface area (Å²) in [5.74, 6) is 1.63. The van der Waals surface area contributed by atoms with Gasteiger partial charge in [-0.25, -0.2) is 9.97 Å². The van der Waals surface area contributed by atoms with Crippen LogP contribution in [0.5, 0.6) is 0 Å². The van der Waals surface area contributed by atoms with Crippen LogP contribution < -0.4 is 0 Å². The predicted molar refractivity (Wildman–Crippen MR) is 198 cm³/mol. The highest BCUT2D eigenvalue weighted by molar-refractivity contribution is 6.17. The maximum absolute atomic E-state index is 5.43. The van der Waals surface area contributed by atoms with Gasteiger partial charge in [0.2, 0.25) is 0 Å². The third-order valence-electron chi connectivity index (χ3n) is 10.1. The molecule has 1 aliphatic carbocycles. The number of para-hydroxylation sites is 3. The first-order valence-electron chi connectivity index (χ1n) is 16.4. The fraction of sp³-hybridized carbons (Fsp3) is 0. The normalized spacial score (nSPS) is 12.2. The van der Waals surface area contributed by atoms with E-state index in [0.717, 1.165) is 50.7 Å². The van der Waals surface area contributed by atoms with Gasteiger partial charge in [-0.3, -0.25) is 4.57 Å². The molecule has 3 heterocycles. The molecule has 0 amide bonds. The lowest BCUT2D eigenvalue weighted by molar-refractivity contribution is 1.05. The molecule has 1 aliphatic rings. The second kappa shape index (κ2) is 9.50.